The Morgan fingerprint density at radius 2 is 1.79 bits per heavy atom. The molecule has 1 aromatic rings. The number of benzene rings is 1. The molecule has 5 rings (SSSR count). The minimum Gasteiger partial charge on any atom is -0.497 e. The van der Waals surface area contributed by atoms with Crippen LogP contribution >= 0.6 is 15.9 Å². The maximum atomic E-state index is 12.8. The average Bonchev–Trinajstić information content (AvgIpc) is 2.54. The van der Waals surface area contributed by atoms with Crippen molar-refractivity contribution in [3.05, 3.63) is 28.2 Å². The van der Waals surface area contributed by atoms with Crippen LogP contribution in [0, 0.1) is 23.2 Å². The summed E-state index contributed by atoms with van der Waals surface area (Å²) in [4.78, 5) is 12.8. The number of hydrogen-bond acceptors (Lipinski definition) is 2. The molecule has 1 N–H and O–H groups in total. The predicted octanol–water partition coefficient (Wildman–Crippen LogP) is 4.79. The fourth-order valence-corrected chi connectivity index (χ4v) is 6.37. The molecule has 0 aliphatic heterocycles. The number of hydrogen-bond donors (Lipinski definition) is 1. The molecule has 0 radical (unpaired) electrons. The fraction of sp³-hybridized carbons (Fsp3) is 0.650. The molecule has 3 nitrogen and oxygen atoms in total. The van der Waals surface area contributed by atoms with Gasteiger partial charge in [-0.1, -0.05) is 0 Å². The van der Waals surface area contributed by atoms with Crippen LogP contribution in [0.3, 0.4) is 0 Å². The number of nitrogens with one attached hydrogen (secondary N) is 1. The summed E-state index contributed by atoms with van der Waals surface area (Å²) in [5.41, 5.74) is 0.987. The summed E-state index contributed by atoms with van der Waals surface area (Å²) < 4.78 is 6.08. The average molecular weight is 392 g/mol. The molecule has 4 aliphatic carbocycles. The number of ether oxygens (including phenoxy) is 1. The highest BCUT2D eigenvalue weighted by Gasteiger charge is 2.53. The second kappa shape index (κ2) is 6.05. The molecule has 1 atom stereocenters. The normalized spacial score (nSPS) is 34.9. The lowest BCUT2D eigenvalue weighted by atomic mass is 9.48. The monoisotopic (exact) mass is 391 g/mol. The number of carbonyl (C=O) groups excluding carboxylic acids is 1. The molecular weight excluding hydrogens is 366 g/mol. The SMILES string of the molecule is COc1ccc(Br)c(C(=O)N[C@H](C)C23CC4CC(CC(C4)C2)C3)c1. The topological polar surface area (TPSA) is 38.3 Å². The largest absolute Gasteiger partial charge is 0.497 e. The molecule has 4 bridgehead atoms. The molecule has 0 spiro atoms. The number of methoxy groups -OCH3 is 1. The molecule has 1 amide bonds. The van der Waals surface area contributed by atoms with Gasteiger partial charge in [-0.2, -0.15) is 0 Å². The third-order valence-corrected chi connectivity index (χ3v) is 7.46. The lowest BCUT2D eigenvalue weighted by molar-refractivity contribution is -0.0688. The van der Waals surface area contributed by atoms with Gasteiger partial charge in [-0.15, -0.1) is 0 Å². The van der Waals surface area contributed by atoms with E-state index in [0.29, 0.717) is 16.7 Å². The van der Waals surface area contributed by atoms with Crippen molar-refractivity contribution in [1.82, 2.24) is 5.32 Å². The van der Waals surface area contributed by atoms with E-state index in [2.05, 4.69) is 28.2 Å². The molecule has 4 saturated carbocycles. The number of rotatable bonds is 4. The summed E-state index contributed by atoms with van der Waals surface area (Å²) in [7, 11) is 1.63. The van der Waals surface area contributed by atoms with Crippen LogP contribution in [0.5, 0.6) is 5.75 Å². The van der Waals surface area contributed by atoms with E-state index < -0.39 is 0 Å². The third kappa shape index (κ3) is 2.77. The quantitative estimate of drug-likeness (QED) is 0.800. The number of halogens is 1. The van der Waals surface area contributed by atoms with E-state index >= 15 is 0 Å². The van der Waals surface area contributed by atoms with E-state index in [1.165, 1.54) is 38.5 Å². The van der Waals surface area contributed by atoms with Crippen LogP contribution in [0.2, 0.25) is 0 Å². The van der Waals surface area contributed by atoms with Gasteiger partial charge in [-0.25, -0.2) is 0 Å². The van der Waals surface area contributed by atoms with Crippen LogP contribution in [0.4, 0.5) is 0 Å². The van der Waals surface area contributed by atoms with Gasteiger partial charge in [0.15, 0.2) is 0 Å². The number of amides is 1. The van der Waals surface area contributed by atoms with Gasteiger partial charge < -0.3 is 10.1 Å². The van der Waals surface area contributed by atoms with Crippen molar-refractivity contribution < 1.29 is 9.53 Å². The van der Waals surface area contributed by atoms with Gasteiger partial charge in [0.1, 0.15) is 5.75 Å². The molecule has 24 heavy (non-hydrogen) atoms. The van der Waals surface area contributed by atoms with Gasteiger partial charge >= 0.3 is 0 Å². The summed E-state index contributed by atoms with van der Waals surface area (Å²) in [6.45, 7) is 2.22. The predicted molar refractivity (Wildman–Crippen MR) is 98.2 cm³/mol. The van der Waals surface area contributed by atoms with Crippen molar-refractivity contribution in [2.75, 3.05) is 7.11 Å². The molecule has 0 saturated heterocycles. The first-order chi connectivity index (χ1) is 11.5. The van der Waals surface area contributed by atoms with Crippen LogP contribution in [0.1, 0.15) is 55.8 Å². The zero-order valence-corrected chi connectivity index (χ0v) is 16.1. The minimum absolute atomic E-state index is 0.00372. The Labute approximate surface area is 152 Å². The van der Waals surface area contributed by atoms with Crippen LogP contribution in [0.15, 0.2) is 22.7 Å². The van der Waals surface area contributed by atoms with Gasteiger partial charge in [0.2, 0.25) is 0 Å². The first kappa shape index (κ1) is 16.4. The first-order valence-electron chi connectivity index (χ1n) is 9.13. The lowest BCUT2D eigenvalue weighted by Crippen LogP contribution is -2.55. The van der Waals surface area contributed by atoms with Crippen LogP contribution in [-0.2, 0) is 0 Å². The van der Waals surface area contributed by atoms with E-state index in [9.17, 15) is 4.79 Å². The first-order valence-corrected chi connectivity index (χ1v) is 9.93. The van der Waals surface area contributed by atoms with Crippen LogP contribution in [0.25, 0.3) is 0 Å². The standard InChI is InChI=1S/C20H26BrNO2/c1-12(20-9-13-5-14(10-20)7-15(6-13)11-20)22-19(23)17-8-16(24-2)3-4-18(17)21/h3-4,8,12-15H,5-7,9-11H2,1-2H3,(H,22,23)/t12-,13?,14?,15?,20?/m1/s1. The molecule has 4 heteroatoms. The maximum Gasteiger partial charge on any atom is 0.252 e. The van der Waals surface area contributed by atoms with Crippen molar-refractivity contribution in [3.8, 4) is 5.75 Å². The van der Waals surface area contributed by atoms with Gasteiger partial charge in [0, 0.05) is 10.5 Å². The highest BCUT2D eigenvalue weighted by atomic mass is 79.9. The molecule has 4 fully saturated rings. The molecule has 0 aromatic heterocycles. The Morgan fingerprint density at radius 1 is 1.21 bits per heavy atom. The zero-order valence-electron chi connectivity index (χ0n) is 14.5. The Bertz CT molecular complexity index is 622. The molecule has 4 aliphatic rings. The summed E-state index contributed by atoms with van der Waals surface area (Å²) in [5, 5.41) is 3.32. The van der Waals surface area contributed by atoms with E-state index in [1.807, 2.05) is 18.2 Å². The maximum absolute atomic E-state index is 12.8. The van der Waals surface area contributed by atoms with E-state index in [1.54, 1.807) is 7.11 Å². The molecule has 0 heterocycles. The summed E-state index contributed by atoms with van der Waals surface area (Å²) in [6.07, 6.45) is 8.21. The van der Waals surface area contributed by atoms with Crippen molar-refractivity contribution in [3.63, 3.8) is 0 Å². The third-order valence-electron chi connectivity index (χ3n) is 6.77. The van der Waals surface area contributed by atoms with Crippen molar-refractivity contribution in [1.29, 1.82) is 0 Å². The zero-order chi connectivity index (χ0) is 16.9. The van der Waals surface area contributed by atoms with E-state index in [0.717, 1.165) is 22.2 Å². The molecule has 1 aromatic carbocycles. The van der Waals surface area contributed by atoms with Gasteiger partial charge in [0.25, 0.3) is 5.91 Å². The Balaban J connectivity index is 1.52. The smallest absolute Gasteiger partial charge is 0.252 e. The van der Waals surface area contributed by atoms with Crippen LogP contribution in [-0.4, -0.2) is 19.1 Å². The molecule has 130 valence electrons. The van der Waals surface area contributed by atoms with E-state index in [4.69, 9.17) is 4.74 Å². The van der Waals surface area contributed by atoms with Crippen molar-refractivity contribution >= 4 is 21.8 Å². The minimum atomic E-state index is 0.00372. The fourth-order valence-electron chi connectivity index (χ4n) is 5.94. The van der Waals surface area contributed by atoms with Gasteiger partial charge in [0.05, 0.1) is 12.7 Å². The Hall–Kier alpha value is -1.03. The van der Waals surface area contributed by atoms with Crippen LogP contribution < -0.4 is 10.1 Å². The molecule has 0 unspecified atom stereocenters. The van der Waals surface area contributed by atoms with Gasteiger partial charge in [-0.05, 0) is 103 Å². The summed E-state index contributed by atoms with van der Waals surface area (Å²) in [6, 6.07) is 5.79. The lowest BCUT2D eigenvalue weighted by Gasteiger charge is -2.59. The Morgan fingerprint density at radius 3 is 2.33 bits per heavy atom. The second-order valence-electron chi connectivity index (χ2n) is 8.32. The second-order valence-corrected chi connectivity index (χ2v) is 9.18. The highest BCUT2D eigenvalue weighted by Crippen LogP contribution is 2.61. The molecular formula is C20H26BrNO2. The summed E-state index contributed by atoms with van der Waals surface area (Å²) in [5.74, 6) is 3.42. The van der Waals surface area contributed by atoms with Crippen molar-refractivity contribution in [2.24, 2.45) is 23.2 Å². The Kier molecular flexibility index (Phi) is 4.14. The van der Waals surface area contributed by atoms with E-state index in [-0.39, 0.29) is 11.9 Å². The van der Waals surface area contributed by atoms with Gasteiger partial charge in [-0.3, -0.25) is 4.79 Å². The highest BCUT2D eigenvalue weighted by molar-refractivity contribution is 9.10. The van der Waals surface area contributed by atoms with Crippen molar-refractivity contribution in [2.45, 2.75) is 51.5 Å². The summed E-state index contributed by atoms with van der Waals surface area (Å²) >= 11 is 3.50. The number of carbonyl (C=O) groups is 1.